The fourth-order valence-electron chi connectivity index (χ4n) is 8.22. The van der Waals surface area contributed by atoms with E-state index in [9.17, 15) is 32.0 Å². The van der Waals surface area contributed by atoms with Crippen LogP contribution in [-0.2, 0) is 35.6 Å². The quantitative estimate of drug-likeness (QED) is 0.341. The summed E-state index contributed by atoms with van der Waals surface area (Å²) in [6.07, 6.45) is 3.88. The summed E-state index contributed by atoms with van der Waals surface area (Å²) in [7, 11) is -2.42. The number of aryl methyl sites for hydroxylation is 1. The van der Waals surface area contributed by atoms with Crippen LogP contribution in [0.25, 0.3) is 11.0 Å². The van der Waals surface area contributed by atoms with Crippen molar-refractivity contribution in [2.45, 2.75) is 127 Å². The van der Waals surface area contributed by atoms with Gasteiger partial charge in [0.2, 0.25) is 27.7 Å². The maximum atomic E-state index is 14.8. The van der Waals surface area contributed by atoms with E-state index in [2.05, 4.69) is 15.4 Å². The number of ether oxygens (including phenoxy) is 3. The molecule has 2 aliphatic heterocycles. The molecule has 1 saturated heterocycles. The summed E-state index contributed by atoms with van der Waals surface area (Å²) in [4.78, 5) is 67.4. The molecule has 4 amide bonds. The Morgan fingerprint density at radius 2 is 1.86 bits per heavy atom. The molecule has 2 aromatic rings. The lowest BCUT2D eigenvalue weighted by molar-refractivity contribution is -0.143. The topological polar surface area (TPSA) is 195 Å². The first-order chi connectivity index (χ1) is 26.5. The highest BCUT2D eigenvalue weighted by Crippen LogP contribution is 2.47. The van der Waals surface area contributed by atoms with Crippen LogP contribution in [0.15, 0.2) is 18.2 Å². The van der Waals surface area contributed by atoms with Gasteiger partial charge in [-0.25, -0.2) is 23.2 Å². The van der Waals surface area contributed by atoms with Crippen molar-refractivity contribution >= 4 is 44.9 Å². The molecule has 3 saturated carbocycles. The number of methoxy groups -OCH3 is 1. The molecule has 3 aliphatic carbocycles. The molecular weight excluding hydrogens is 748 g/mol. The highest BCUT2D eigenvalue weighted by atomic mass is 32.2. The van der Waals surface area contributed by atoms with Crippen molar-refractivity contribution in [3.63, 3.8) is 0 Å². The second-order valence-corrected chi connectivity index (χ2v) is 19.2. The summed E-state index contributed by atoms with van der Waals surface area (Å²) >= 11 is 0. The van der Waals surface area contributed by atoms with Crippen LogP contribution in [0.3, 0.4) is 0 Å². The van der Waals surface area contributed by atoms with Gasteiger partial charge >= 0.3 is 6.09 Å². The van der Waals surface area contributed by atoms with Gasteiger partial charge in [-0.3, -0.25) is 23.5 Å². The molecule has 56 heavy (non-hydrogen) atoms. The first kappa shape index (κ1) is 39.9. The number of rotatable bonds is 8. The summed E-state index contributed by atoms with van der Waals surface area (Å²) in [6.45, 7) is 6.26. The van der Waals surface area contributed by atoms with Crippen molar-refractivity contribution in [1.29, 1.82) is 0 Å². The number of fused-ring (bicyclic) bond motifs is 5. The van der Waals surface area contributed by atoms with E-state index in [0.717, 1.165) is 32.1 Å². The molecule has 2 bridgehead atoms. The number of amides is 4. The van der Waals surface area contributed by atoms with Gasteiger partial charge in [0.05, 0.1) is 36.6 Å². The van der Waals surface area contributed by atoms with E-state index in [1.165, 1.54) is 4.90 Å². The van der Waals surface area contributed by atoms with Crippen molar-refractivity contribution in [2.75, 3.05) is 20.3 Å². The van der Waals surface area contributed by atoms with Gasteiger partial charge in [-0.15, -0.1) is 0 Å². The Labute approximate surface area is 331 Å². The number of benzene rings is 1. The molecular formula is C39H59FN6O9S. The number of alkyl carbamates (subject to hydrolysis) is 1. The number of sulfonamides is 1. The van der Waals surface area contributed by atoms with Gasteiger partial charge < -0.3 is 29.7 Å². The molecule has 15 nitrogen and oxygen atoms in total. The summed E-state index contributed by atoms with van der Waals surface area (Å²) in [6, 6.07) is 3.03. The molecule has 1 aromatic carbocycles. The summed E-state index contributed by atoms with van der Waals surface area (Å²) in [5.41, 5.74) is -0.693. The Morgan fingerprint density at radius 3 is 2.55 bits per heavy atom. The number of hydrogen-bond acceptors (Lipinski definition) is 11. The Morgan fingerprint density at radius 1 is 1.09 bits per heavy atom. The van der Waals surface area contributed by atoms with Gasteiger partial charge in [0, 0.05) is 16.3 Å². The lowest BCUT2D eigenvalue weighted by Crippen LogP contribution is -2.61. The van der Waals surface area contributed by atoms with Crippen LogP contribution < -0.4 is 24.8 Å². The summed E-state index contributed by atoms with van der Waals surface area (Å²) in [5, 5.41) is 4.87. The standard InChI is InChI=1S/C39H53FN6O9S.3H2/c1-21-30-20-46(31(21)33(47)44-39(19-23(39)15-16-40)36(49)45-56(51,52)25-12-13-25)35(48)32(38(2,3)4)43-37(50)55-29-17-22(29)9-7-6-8-10-27-34(54-30)42-28-18-24(53-5)11-14-26(28)41-27;;;/h11,14,18,21-23,25,29-32H,6-10,12-13,15-17,19-20H2,1-5H3,(H,43,50)(H,44,47)(H,45,49);3*1H/t21-,22-,23-,29-,30+,31+,32-,39-;;;/m1.../s1. The zero-order valence-electron chi connectivity index (χ0n) is 32.6. The number of nitrogens with zero attached hydrogens (tertiary/aromatic N) is 3. The van der Waals surface area contributed by atoms with Gasteiger partial charge in [0.15, 0.2) is 0 Å². The number of carbonyl (C=O) groups excluding carboxylic acids is 4. The Balaban J connectivity index is 0.00000256. The van der Waals surface area contributed by atoms with Crippen molar-refractivity contribution in [3.05, 3.63) is 23.9 Å². The molecule has 17 heteroatoms. The number of aromatic nitrogens is 2. The highest BCUT2D eigenvalue weighted by Gasteiger charge is 2.63. The number of carbonyl (C=O) groups is 4. The minimum atomic E-state index is -3.98. The maximum Gasteiger partial charge on any atom is 0.408 e. The van der Waals surface area contributed by atoms with Crippen LogP contribution in [0.4, 0.5) is 9.18 Å². The Kier molecular flexibility index (Phi) is 10.9. The fraction of sp³-hybridized carbons (Fsp3) is 0.692. The van der Waals surface area contributed by atoms with Gasteiger partial charge in [0.25, 0.3) is 5.91 Å². The molecule has 4 fully saturated rings. The van der Waals surface area contributed by atoms with Gasteiger partial charge in [-0.05, 0) is 80.8 Å². The minimum Gasteiger partial charge on any atom is -0.497 e. The molecule has 7 rings (SSSR count). The predicted molar refractivity (Wildman–Crippen MR) is 208 cm³/mol. The van der Waals surface area contributed by atoms with Crippen LogP contribution in [-0.4, -0.2) is 103 Å². The molecule has 0 radical (unpaired) electrons. The van der Waals surface area contributed by atoms with Crippen molar-refractivity contribution < 1.29 is 50.5 Å². The van der Waals surface area contributed by atoms with Crippen LogP contribution in [0.5, 0.6) is 11.6 Å². The number of nitrogens with one attached hydrogen (secondary N) is 3. The van der Waals surface area contributed by atoms with E-state index in [1.54, 1.807) is 40.9 Å². The van der Waals surface area contributed by atoms with Crippen LogP contribution in [0, 0.1) is 23.2 Å². The zero-order chi connectivity index (χ0) is 40.2. The van der Waals surface area contributed by atoms with E-state index >= 15 is 0 Å². The Bertz CT molecular complexity index is 2010. The van der Waals surface area contributed by atoms with Crippen LogP contribution >= 0.6 is 0 Å². The maximum absolute atomic E-state index is 14.8. The van der Waals surface area contributed by atoms with E-state index < -0.39 is 86.7 Å². The largest absolute Gasteiger partial charge is 0.497 e. The number of hydrogen-bond donors (Lipinski definition) is 3. The highest BCUT2D eigenvalue weighted by molar-refractivity contribution is 7.91. The van der Waals surface area contributed by atoms with Crippen molar-refractivity contribution in [3.8, 4) is 11.6 Å². The third-order valence-corrected chi connectivity index (χ3v) is 13.8. The average Bonchev–Trinajstić information content (AvgIpc) is 4.06. The SMILES string of the molecule is COc1ccc2nc3c(nc2c1)O[C@H]1CN(C(=O)[C@H](C(C)(C)C)NC(=O)O[C@@H]2C[C@H]2CCCCC3)[C@H](C(=O)N[C@]2(C(=O)NS(=O)(=O)C3CC3)C[C@H]2CCF)[C@@H]1C.[HH].[HH].[HH]. The fourth-order valence-corrected chi connectivity index (χ4v) is 9.58. The van der Waals surface area contributed by atoms with Crippen LogP contribution in [0.2, 0.25) is 0 Å². The molecule has 0 spiro atoms. The van der Waals surface area contributed by atoms with E-state index in [-0.39, 0.29) is 41.6 Å². The zero-order valence-corrected chi connectivity index (χ0v) is 33.5. The minimum absolute atomic E-state index is 0. The van der Waals surface area contributed by atoms with E-state index in [0.29, 0.717) is 41.7 Å². The third-order valence-electron chi connectivity index (χ3n) is 12.0. The normalized spacial score (nSPS) is 31.0. The molecule has 3 heterocycles. The molecule has 1 aromatic heterocycles. The van der Waals surface area contributed by atoms with Crippen LogP contribution in [0.1, 0.15) is 95.5 Å². The second-order valence-electron chi connectivity index (χ2n) is 17.3. The molecule has 3 N–H and O–H groups in total. The van der Waals surface area contributed by atoms with E-state index in [4.69, 9.17) is 24.2 Å². The lowest BCUT2D eigenvalue weighted by Gasteiger charge is -2.36. The molecule has 5 aliphatic rings. The van der Waals surface area contributed by atoms with Crippen molar-refractivity contribution in [2.24, 2.45) is 23.2 Å². The molecule has 8 atom stereocenters. The van der Waals surface area contributed by atoms with Gasteiger partial charge in [-0.2, -0.15) is 0 Å². The molecule has 0 unspecified atom stereocenters. The van der Waals surface area contributed by atoms with Gasteiger partial charge in [0.1, 0.15) is 41.3 Å². The summed E-state index contributed by atoms with van der Waals surface area (Å²) in [5.74, 6) is -2.49. The number of halogens is 1. The van der Waals surface area contributed by atoms with Crippen molar-refractivity contribution in [1.82, 2.24) is 30.2 Å². The summed E-state index contributed by atoms with van der Waals surface area (Å²) < 4.78 is 59.2. The van der Waals surface area contributed by atoms with Gasteiger partial charge in [-0.1, -0.05) is 40.5 Å². The predicted octanol–water partition coefficient (Wildman–Crippen LogP) is 4.46. The molecule has 312 valence electrons. The first-order valence-electron chi connectivity index (χ1n) is 19.8. The lowest BCUT2D eigenvalue weighted by atomic mass is 9.85. The Hall–Kier alpha value is -4.28. The smallest absolute Gasteiger partial charge is 0.408 e. The third kappa shape index (κ3) is 8.23. The number of alkyl halides is 1. The van der Waals surface area contributed by atoms with E-state index in [1.807, 2.05) is 12.1 Å². The first-order valence-corrected chi connectivity index (χ1v) is 21.3. The monoisotopic (exact) mass is 806 g/mol. The second kappa shape index (κ2) is 15.2. The average molecular weight is 807 g/mol.